The molecule has 7 heteroatoms. The fraction of sp³-hybridized carbons (Fsp3) is 0.345. The number of hydrogen-bond acceptors (Lipinski definition) is 4. The molecule has 0 saturated carbocycles. The zero-order valence-electron chi connectivity index (χ0n) is 20.9. The molecule has 3 aromatic rings. The highest BCUT2D eigenvalue weighted by atomic mass is 32.2. The van der Waals surface area contributed by atoms with Crippen molar-refractivity contribution < 1.29 is 13.2 Å². The van der Waals surface area contributed by atoms with E-state index >= 15 is 0 Å². The maximum absolute atomic E-state index is 13.3. The lowest BCUT2D eigenvalue weighted by atomic mass is 9.72. The molecule has 0 spiro atoms. The summed E-state index contributed by atoms with van der Waals surface area (Å²) in [7, 11) is -3.66. The molecule has 2 atom stereocenters. The molecule has 1 fully saturated rings. The summed E-state index contributed by atoms with van der Waals surface area (Å²) in [4.78, 5) is 13.5. The van der Waals surface area contributed by atoms with Gasteiger partial charge in [0.2, 0.25) is 15.9 Å². The van der Waals surface area contributed by atoms with Crippen molar-refractivity contribution in [2.24, 2.45) is 5.92 Å². The maximum Gasteiger partial charge on any atom is 0.240 e. The average Bonchev–Trinajstić information content (AvgIpc) is 2.90. The topological polar surface area (TPSA) is 87.3 Å². The van der Waals surface area contributed by atoms with Crippen molar-refractivity contribution in [2.75, 3.05) is 19.6 Å². The van der Waals surface area contributed by atoms with E-state index in [-0.39, 0.29) is 28.2 Å². The van der Waals surface area contributed by atoms with Crippen molar-refractivity contribution in [3.8, 4) is 0 Å². The van der Waals surface area contributed by atoms with E-state index in [1.54, 1.807) is 24.3 Å². The molecule has 190 valence electrons. The van der Waals surface area contributed by atoms with Crippen molar-refractivity contribution in [1.82, 2.24) is 15.4 Å². The highest BCUT2D eigenvalue weighted by molar-refractivity contribution is 7.89. The van der Waals surface area contributed by atoms with Gasteiger partial charge in [0.1, 0.15) is 0 Å². The first-order chi connectivity index (χ1) is 17.3. The molecule has 1 saturated heterocycles. The first-order valence-corrected chi connectivity index (χ1v) is 14.0. The van der Waals surface area contributed by atoms with Crippen molar-refractivity contribution in [3.05, 3.63) is 102 Å². The Morgan fingerprint density at radius 2 is 1.50 bits per heavy atom. The SMILES string of the molecule is CCC(CNC(=O)C1CNCC(NS(=O)(=O)c2ccc(C)cc2)C1)(c1ccccc1)c1ccccc1. The summed E-state index contributed by atoms with van der Waals surface area (Å²) in [6.07, 6.45) is 1.27. The molecule has 0 radical (unpaired) electrons. The lowest BCUT2D eigenvalue weighted by molar-refractivity contribution is -0.125. The Hall–Kier alpha value is -3.00. The van der Waals surface area contributed by atoms with Gasteiger partial charge < -0.3 is 10.6 Å². The zero-order chi connectivity index (χ0) is 25.6. The minimum atomic E-state index is -3.66. The van der Waals surface area contributed by atoms with Crippen LogP contribution in [0.4, 0.5) is 0 Å². The Bertz CT molecular complexity index is 1210. The number of carbonyl (C=O) groups is 1. The zero-order valence-corrected chi connectivity index (χ0v) is 21.7. The number of piperidine rings is 1. The minimum Gasteiger partial charge on any atom is -0.355 e. The third-order valence-corrected chi connectivity index (χ3v) is 8.73. The molecule has 36 heavy (non-hydrogen) atoms. The molecule has 1 heterocycles. The predicted molar refractivity (Wildman–Crippen MR) is 143 cm³/mol. The second kappa shape index (κ2) is 11.4. The largest absolute Gasteiger partial charge is 0.355 e. The van der Waals surface area contributed by atoms with Crippen molar-refractivity contribution in [2.45, 2.75) is 43.0 Å². The number of carbonyl (C=O) groups excluding carboxylic acids is 1. The number of benzene rings is 3. The molecular weight excluding hydrogens is 470 g/mol. The molecule has 4 rings (SSSR count). The van der Waals surface area contributed by atoms with Crippen LogP contribution in [0.15, 0.2) is 89.8 Å². The van der Waals surface area contributed by atoms with Crippen molar-refractivity contribution in [3.63, 3.8) is 0 Å². The van der Waals surface area contributed by atoms with Crippen LogP contribution in [0.1, 0.15) is 36.5 Å². The van der Waals surface area contributed by atoms with Gasteiger partial charge in [-0.15, -0.1) is 0 Å². The summed E-state index contributed by atoms with van der Waals surface area (Å²) < 4.78 is 28.5. The van der Waals surface area contributed by atoms with Gasteiger partial charge in [0.05, 0.1) is 10.8 Å². The summed E-state index contributed by atoms with van der Waals surface area (Å²) in [5.41, 5.74) is 2.96. The van der Waals surface area contributed by atoms with Gasteiger partial charge in [0.15, 0.2) is 0 Å². The van der Waals surface area contributed by atoms with Crippen LogP contribution >= 0.6 is 0 Å². The monoisotopic (exact) mass is 505 g/mol. The maximum atomic E-state index is 13.3. The lowest BCUT2D eigenvalue weighted by Gasteiger charge is -2.36. The Labute approximate surface area is 214 Å². The second-order valence-electron chi connectivity index (χ2n) is 9.61. The van der Waals surface area contributed by atoms with Crippen LogP contribution in [0.25, 0.3) is 0 Å². The summed E-state index contributed by atoms with van der Waals surface area (Å²) in [5, 5.41) is 6.44. The van der Waals surface area contributed by atoms with Gasteiger partial charge >= 0.3 is 0 Å². The summed E-state index contributed by atoms with van der Waals surface area (Å²) >= 11 is 0. The van der Waals surface area contributed by atoms with E-state index in [1.165, 1.54) is 0 Å². The van der Waals surface area contributed by atoms with Gasteiger partial charge in [-0.2, -0.15) is 0 Å². The Balaban J connectivity index is 1.46. The van der Waals surface area contributed by atoms with E-state index in [1.807, 2.05) is 43.3 Å². The van der Waals surface area contributed by atoms with E-state index in [0.29, 0.717) is 26.1 Å². The number of aryl methyl sites for hydroxylation is 1. The predicted octanol–water partition coefficient (Wildman–Crippen LogP) is 3.76. The minimum absolute atomic E-state index is 0.0635. The molecule has 0 aliphatic carbocycles. The van der Waals surface area contributed by atoms with Crippen LogP contribution in [0.2, 0.25) is 0 Å². The molecular formula is C29H35N3O3S. The van der Waals surface area contributed by atoms with Gasteiger partial charge in [-0.25, -0.2) is 13.1 Å². The average molecular weight is 506 g/mol. The second-order valence-corrected chi connectivity index (χ2v) is 11.3. The number of sulfonamides is 1. The Kier molecular flexibility index (Phi) is 8.24. The molecule has 3 aromatic carbocycles. The van der Waals surface area contributed by atoms with E-state index in [4.69, 9.17) is 0 Å². The Morgan fingerprint density at radius 1 is 0.917 bits per heavy atom. The number of nitrogens with one attached hydrogen (secondary N) is 3. The summed E-state index contributed by atoms with van der Waals surface area (Å²) in [5.74, 6) is -0.392. The van der Waals surface area contributed by atoms with E-state index in [9.17, 15) is 13.2 Å². The molecule has 3 N–H and O–H groups in total. The molecule has 2 unspecified atom stereocenters. The van der Waals surface area contributed by atoms with Gasteiger partial charge in [0, 0.05) is 31.1 Å². The number of amides is 1. The van der Waals surface area contributed by atoms with Crippen LogP contribution in [0.5, 0.6) is 0 Å². The molecule has 1 aliphatic rings. The first-order valence-electron chi connectivity index (χ1n) is 12.5. The van der Waals surface area contributed by atoms with Crippen LogP contribution in [0, 0.1) is 12.8 Å². The third kappa shape index (κ3) is 5.86. The van der Waals surface area contributed by atoms with E-state index in [2.05, 4.69) is 46.5 Å². The first kappa shape index (κ1) is 26.1. The summed E-state index contributed by atoms with van der Waals surface area (Å²) in [6.45, 7) is 5.53. The van der Waals surface area contributed by atoms with Crippen LogP contribution < -0.4 is 15.4 Å². The highest BCUT2D eigenvalue weighted by Gasteiger charge is 2.35. The Morgan fingerprint density at radius 3 is 2.06 bits per heavy atom. The molecule has 1 aliphatic heterocycles. The van der Waals surface area contributed by atoms with Crippen molar-refractivity contribution >= 4 is 15.9 Å². The summed E-state index contributed by atoms with van der Waals surface area (Å²) in [6, 6.07) is 27.0. The smallest absolute Gasteiger partial charge is 0.240 e. The van der Waals surface area contributed by atoms with Gasteiger partial charge in [-0.1, -0.05) is 85.3 Å². The van der Waals surface area contributed by atoms with Gasteiger partial charge in [-0.05, 0) is 43.0 Å². The van der Waals surface area contributed by atoms with E-state index in [0.717, 1.165) is 23.1 Å². The standard InChI is InChI=1S/C29H35N3O3S/c1-3-29(24-10-6-4-7-11-24,25-12-8-5-9-13-25)21-31-28(33)23-18-26(20-30-19-23)32-36(34,35)27-16-14-22(2)15-17-27/h4-17,23,26,30,32H,3,18-21H2,1-2H3,(H,31,33). The van der Waals surface area contributed by atoms with Crippen molar-refractivity contribution in [1.29, 1.82) is 0 Å². The number of hydrogen-bond donors (Lipinski definition) is 3. The quantitative estimate of drug-likeness (QED) is 0.413. The fourth-order valence-corrected chi connectivity index (χ4v) is 6.29. The van der Waals surface area contributed by atoms with Crippen LogP contribution in [0.3, 0.4) is 0 Å². The number of rotatable bonds is 9. The van der Waals surface area contributed by atoms with Gasteiger partial charge in [-0.3, -0.25) is 4.79 Å². The van der Waals surface area contributed by atoms with Crippen LogP contribution in [-0.4, -0.2) is 40.0 Å². The van der Waals surface area contributed by atoms with Crippen LogP contribution in [-0.2, 0) is 20.2 Å². The van der Waals surface area contributed by atoms with Gasteiger partial charge in [0.25, 0.3) is 0 Å². The lowest BCUT2D eigenvalue weighted by Crippen LogP contribution is -2.53. The third-order valence-electron chi connectivity index (χ3n) is 7.20. The molecule has 0 bridgehead atoms. The molecule has 1 amide bonds. The molecule has 6 nitrogen and oxygen atoms in total. The normalized spacial score (nSPS) is 18.5. The van der Waals surface area contributed by atoms with E-state index < -0.39 is 10.0 Å². The highest BCUT2D eigenvalue weighted by Crippen LogP contribution is 2.35. The fourth-order valence-electron chi connectivity index (χ4n) is 5.04. The molecule has 0 aromatic heterocycles.